The SMILES string of the molecule is CC(C)(C)c1cc(N=Nc2cc(C(C)(C)C)cc(C(C)(C)C)c2O)c(O)c(C(C)(C)C)c1. The van der Waals surface area contributed by atoms with Crippen molar-refractivity contribution >= 4 is 11.4 Å². The predicted octanol–water partition coefficient (Wildman–Crippen LogP) is 8.70. The summed E-state index contributed by atoms with van der Waals surface area (Å²) in [5.74, 6) is 0.272. The van der Waals surface area contributed by atoms with E-state index in [0.717, 1.165) is 22.3 Å². The molecule has 0 radical (unpaired) electrons. The molecule has 2 aromatic carbocycles. The van der Waals surface area contributed by atoms with Crippen LogP contribution in [0.15, 0.2) is 34.5 Å². The van der Waals surface area contributed by atoms with E-state index in [4.69, 9.17) is 0 Å². The Morgan fingerprint density at radius 1 is 0.469 bits per heavy atom. The number of benzene rings is 2. The molecule has 0 unspecified atom stereocenters. The van der Waals surface area contributed by atoms with E-state index in [9.17, 15) is 10.2 Å². The normalized spacial score (nSPS) is 13.8. The van der Waals surface area contributed by atoms with Gasteiger partial charge in [0.25, 0.3) is 0 Å². The molecule has 0 saturated carbocycles. The van der Waals surface area contributed by atoms with Gasteiger partial charge in [-0.3, -0.25) is 0 Å². The molecule has 0 bridgehead atoms. The standard InChI is InChI=1S/C28H42N2O2/c1-25(2,3)17-13-19(27(7,8)9)23(31)21(15-17)29-30-22-16-18(26(4,5)6)14-20(24(22)32)28(10,11)12/h13-16,31-32H,1-12H3. The Morgan fingerprint density at radius 3 is 0.969 bits per heavy atom. The Labute approximate surface area is 194 Å². The quantitative estimate of drug-likeness (QED) is 0.460. The van der Waals surface area contributed by atoms with E-state index in [0.29, 0.717) is 11.4 Å². The predicted molar refractivity (Wildman–Crippen MR) is 135 cm³/mol. The molecule has 2 aromatic rings. The Balaban J connectivity index is 2.75. The van der Waals surface area contributed by atoms with Crippen LogP contribution < -0.4 is 0 Å². The summed E-state index contributed by atoms with van der Waals surface area (Å²) in [4.78, 5) is 0. The van der Waals surface area contributed by atoms with Gasteiger partial charge >= 0.3 is 0 Å². The van der Waals surface area contributed by atoms with Gasteiger partial charge in [0, 0.05) is 11.1 Å². The van der Waals surface area contributed by atoms with E-state index in [1.165, 1.54) is 0 Å². The highest BCUT2D eigenvalue weighted by Gasteiger charge is 2.27. The molecule has 32 heavy (non-hydrogen) atoms. The average molecular weight is 439 g/mol. The molecule has 2 rings (SSSR count). The summed E-state index contributed by atoms with van der Waals surface area (Å²) >= 11 is 0. The van der Waals surface area contributed by atoms with Gasteiger partial charge in [-0.15, -0.1) is 10.2 Å². The zero-order valence-electron chi connectivity index (χ0n) is 22.1. The van der Waals surface area contributed by atoms with Crippen molar-refractivity contribution in [1.29, 1.82) is 0 Å². The van der Waals surface area contributed by atoms with E-state index >= 15 is 0 Å². The minimum absolute atomic E-state index is 0.105. The highest BCUT2D eigenvalue weighted by Crippen LogP contribution is 2.45. The van der Waals surface area contributed by atoms with E-state index in [-0.39, 0.29) is 33.2 Å². The molecule has 0 aliphatic heterocycles. The molecule has 0 aliphatic carbocycles. The van der Waals surface area contributed by atoms with Crippen molar-refractivity contribution in [3.63, 3.8) is 0 Å². The second-order valence-corrected chi connectivity index (χ2v) is 13.0. The molecule has 2 N–H and O–H groups in total. The summed E-state index contributed by atoms with van der Waals surface area (Å²) in [5.41, 5.74) is 3.96. The van der Waals surface area contributed by atoms with E-state index in [1.54, 1.807) is 0 Å². The molecular formula is C28H42N2O2. The molecule has 0 aliphatic rings. The largest absolute Gasteiger partial charge is 0.505 e. The highest BCUT2D eigenvalue weighted by atomic mass is 16.3. The Hall–Kier alpha value is -2.36. The molecule has 4 nitrogen and oxygen atoms in total. The van der Waals surface area contributed by atoms with Crippen molar-refractivity contribution in [2.45, 2.75) is 105 Å². The lowest BCUT2D eigenvalue weighted by Gasteiger charge is -2.27. The third-order valence-corrected chi connectivity index (χ3v) is 5.79. The van der Waals surface area contributed by atoms with Gasteiger partial charge in [0.15, 0.2) is 0 Å². The summed E-state index contributed by atoms with van der Waals surface area (Å²) in [5, 5.41) is 30.9. The van der Waals surface area contributed by atoms with Crippen LogP contribution in [-0.4, -0.2) is 10.2 Å². The van der Waals surface area contributed by atoms with Crippen LogP contribution in [-0.2, 0) is 21.7 Å². The molecule has 4 heteroatoms. The topological polar surface area (TPSA) is 65.2 Å². The molecule has 0 aromatic heterocycles. The Bertz CT molecular complexity index is 938. The van der Waals surface area contributed by atoms with Crippen molar-refractivity contribution in [3.8, 4) is 11.5 Å². The number of aromatic hydroxyl groups is 2. The summed E-state index contributed by atoms with van der Waals surface area (Å²) in [6, 6.07) is 7.90. The smallest absolute Gasteiger partial charge is 0.146 e. The monoisotopic (exact) mass is 438 g/mol. The minimum Gasteiger partial charge on any atom is -0.505 e. The van der Waals surface area contributed by atoms with Crippen molar-refractivity contribution in [2.24, 2.45) is 10.2 Å². The van der Waals surface area contributed by atoms with Crippen LogP contribution in [0, 0.1) is 0 Å². The van der Waals surface area contributed by atoms with E-state index in [2.05, 4.69) is 105 Å². The fourth-order valence-corrected chi connectivity index (χ4v) is 3.51. The first-order valence-corrected chi connectivity index (χ1v) is 11.4. The molecule has 0 saturated heterocycles. The maximum atomic E-state index is 11.0. The number of azo groups is 1. The lowest BCUT2D eigenvalue weighted by Crippen LogP contribution is -2.16. The molecule has 0 fully saturated rings. The molecule has 0 atom stereocenters. The number of hydrogen-bond acceptors (Lipinski definition) is 4. The maximum Gasteiger partial charge on any atom is 0.146 e. The first-order valence-electron chi connectivity index (χ1n) is 11.4. The highest BCUT2D eigenvalue weighted by molar-refractivity contribution is 5.63. The fourth-order valence-electron chi connectivity index (χ4n) is 3.51. The number of hydrogen-bond donors (Lipinski definition) is 2. The lowest BCUT2D eigenvalue weighted by molar-refractivity contribution is 0.443. The van der Waals surface area contributed by atoms with Gasteiger partial charge in [0.2, 0.25) is 0 Å². The van der Waals surface area contributed by atoms with Gasteiger partial charge in [0.1, 0.15) is 22.9 Å². The third kappa shape index (κ3) is 5.70. The first-order chi connectivity index (χ1) is 14.2. The maximum absolute atomic E-state index is 11.0. The molecule has 0 spiro atoms. The van der Waals surface area contributed by atoms with Crippen LogP contribution in [0.3, 0.4) is 0 Å². The van der Waals surface area contributed by atoms with Crippen molar-refractivity contribution in [3.05, 3.63) is 46.5 Å². The second kappa shape index (κ2) is 8.20. The zero-order valence-corrected chi connectivity index (χ0v) is 22.1. The van der Waals surface area contributed by atoms with Crippen molar-refractivity contribution in [2.75, 3.05) is 0 Å². The van der Waals surface area contributed by atoms with Crippen LogP contribution in [0.4, 0.5) is 11.4 Å². The molecule has 176 valence electrons. The molecule has 0 amide bonds. The van der Waals surface area contributed by atoms with Crippen LogP contribution in [0.25, 0.3) is 0 Å². The van der Waals surface area contributed by atoms with E-state index in [1.807, 2.05) is 12.1 Å². The van der Waals surface area contributed by atoms with Gasteiger partial charge in [-0.25, -0.2) is 0 Å². The molecule has 0 heterocycles. The van der Waals surface area contributed by atoms with Gasteiger partial charge in [-0.2, -0.15) is 0 Å². The molecular weight excluding hydrogens is 396 g/mol. The first kappa shape index (κ1) is 25.9. The summed E-state index contributed by atoms with van der Waals surface area (Å²) in [6.07, 6.45) is 0. The number of phenolic OH excluding ortho intramolecular Hbond substituents is 2. The van der Waals surface area contributed by atoms with Crippen LogP contribution in [0.5, 0.6) is 11.5 Å². The fraction of sp³-hybridized carbons (Fsp3) is 0.571. The van der Waals surface area contributed by atoms with Crippen molar-refractivity contribution in [1.82, 2.24) is 0 Å². The van der Waals surface area contributed by atoms with Crippen molar-refractivity contribution < 1.29 is 10.2 Å². The summed E-state index contributed by atoms with van der Waals surface area (Å²) in [6.45, 7) is 25.3. The summed E-state index contributed by atoms with van der Waals surface area (Å²) < 4.78 is 0. The van der Waals surface area contributed by atoms with Gasteiger partial charge in [-0.05, 0) is 44.9 Å². The summed E-state index contributed by atoms with van der Waals surface area (Å²) in [7, 11) is 0. The van der Waals surface area contributed by atoms with Gasteiger partial charge in [-0.1, -0.05) is 95.2 Å². The van der Waals surface area contributed by atoms with E-state index < -0.39 is 0 Å². The van der Waals surface area contributed by atoms with Gasteiger partial charge < -0.3 is 10.2 Å². The van der Waals surface area contributed by atoms with Crippen LogP contribution >= 0.6 is 0 Å². The minimum atomic E-state index is -0.247. The lowest BCUT2D eigenvalue weighted by atomic mass is 9.79. The Kier molecular flexibility index (Phi) is 6.64. The number of rotatable bonds is 2. The number of phenols is 2. The third-order valence-electron chi connectivity index (χ3n) is 5.79. The average Bonchev–Trinajstić information content (AvgIpc) is 2.57. The second-order valence-electron chi connectivity index (χ2n) is 13.0. The number of nitrogens with zero attached hydrogens (tertiary/aromatic N) is 2. The Morgan fingerprint density at radius 2 is 0.750 bits per heavy atom. The zero-order chi connectivity index (χ0) is 24.9. The van der Waals surface area contributed by atoms with Gasteiger partial charge in [0.05, 0.1) is 0 Å². The van der Waals surface area contributed by atoms with Crippen LogP contribution in [0.2, 0.25) is 0 Å². The van der Waals surface area contributed by atoms with Crippen LogP contribution in [0.1, 0.15) is 105 Å².